The number of carbonyl (C=O) groups excluding carboxylic acids is 2. The predicted molar refractivity (Wildman–Crippen MR) is 100 cm³/mol. The SMILES string of the molecule is CCCNC(=O)C1CCCN1S(=O)(=O)c1ccc(C(=O)OCC)cc1Br. The van der Waals surface area contributed by atoms with E-state index >= 15 is 0 Å². The summed E-state index contributed by atoms with van der Waals surface area (Å²) in [5, 5.41) is 2.76. The summed E-state index contributed by atoms with van der Waals surface area (Å²) in [6.45, 7) is 4.67. The highest BCUT2D eigenvalue weighted by Crippen LogP contribution is 2.31. The Labute approximate surface area is 162 Å². The highest BCUT2D eigenvalue weighted by Gasteiger charge is 2.40. The van der Waals surface area contributed by atoms with Crippen molar-refractivity contribution in [1.29, 1.82) is 0 Å². The number of benzene rings is 1. The first-order valence-electron chi connectivity index (χ1n) is 8.59. The Bertz CT molecular complexity index is 781. The minimum absolute atomic E-state index is 0.0285. The lowest BCUT2D eigenvalue weighted by Gasteiger charge is -2.24. The molecule has 2 rings (SSSR count). The monoisotopic (exact) mass is 446 g/mol. The van der Waals surface area contributed by atoms with Crippen LogP contribution in [0.1, 0.15) is 43.5 Å². The molecule has 144 valence electrons. The predicted octanol–water partition coefficient (Wildman–Crippen LogP) is 2.31. The first-order chi connectivity index (χ1) is 12.3. The van der Waals surface area contributed by atoms with Crippen LogP contribution < -0.4 is 5.32 Å². The zero-order valence-electron chi connectivity index (χ0n) is 14.8. The molecule has 1 aromatic carbocycles. The molecule has 0 bridgehead atoms. The number of nitrogens with one attached hydrogen (secondary N) is 1. The molecular formula is C17H23BrN2O5S. The molecule has 1 fully saturated rings. The Morgan fingerprint density at radius 3 is 2.69 bits per heavy atom. The van der Waals surface area contributed by atoms with E-state index in [-0.39, 0.29) is 27.4 Å². The molecule has 0 radical (unpaired) electrons. The molecule has 9 heteroatoms. The highest BCUT2D eigenvalue weighted by molar-refractivity contribution is 9.10. The van der Waals surface area contributed by atoms with Crippen LogP contribution in [-0.4, -0.2) is 50.3 Å². The molecule has 1 unspecified atom stereocenters. The van der Waals surface area contributed by atoms with Gasteiger partial charge in [0, 0.05) is 17.6 Å². The van der Waals surface area contributed by atoms with E-state index in [2.05, 4.69) is 21.2 Å². The third-order valence-electron chi connectivity index (χ3n) is 4.09. The lowest BCUT2D eigenvalue weighted by molar-refractivity contribution is -0.124. The molecule has 1 amide bonds. The van der Waals surface area contributed by atoms with Crippen molar-refractivity contribution in [2.45, 2.75) is 44.0 Å². The highest BCUT2D eigenvalue weighted by atomic mass is 79.9. The number of hydrogen-bond donors (Lipinski definition) is 1. The smallest absolute Gasteiger partial charge is 0.338 e. The molecule has 1 atom stereocenters. The van der Waals surface area contributed by atoms with Crippen LogP contribution in [0.4, 0.5) is 0 Å². The number of esters is 1. The first kappa shape index (κ1) is 20.9. The van der Waals surface area contributed by atoms with Crippen molar-refractivity contribution in [2.75, 3.05) is 19.7 Å². The largest absolute Gasteiger partial charge is 0.462 e. The second-order valence-electron chi connectivity index (χ2n) is 5.93. The number of sulfonamides is 1. The van der Waals surface area contributed by atoms with E-state index in [0.29, 0.717) is 25.9 Å². The van der Waals surface area contributed by atoms with Crippen molar-refractivity contribution < 1.29 is 22.7 Å². The van der Waals surface area contributed by atoms with Gasteiger partial charge in [0.25, 0.3) is 0 Å². The average Bonchev–Trinajstić information content (AvgIpc) is 3.10. The summed E-state index contributed by atoms with van der Waals surface area (Å²) in [6, 6.07) is 3.50. The normalized spacial score (nSPS) is 17.9. The molecule has 1 aliphatic rings. The van der Waals surface area contributed by atoms with E-state index < -0.39 is 22.0 Å². The van der Waals surface area contributed by atoms with E-state index in [1.165, 1.54) is 22.5 Å². The van der Waals surface area contributed by atoms with Gasteiger partial charge in [0.05, 0.1) is 17.1 Å². The Hall–Kier alpha value is -1.45. The average molecular weight is 447 g/mol. The fourth-order valence-corrected chi connectivity index (χ4v) is 5.53. The van der Waals surface area contributed by atoms with Crippen LogP contribution in [0.5, 0.6) is 0 Å². The third-order valence-corrected chi connectivity index (χ3v) is 6.97. The van der Waals surface area contributed by atoms with Crippen molar-refractivity contribution in [3.05, 3.63) is 28.2 Å². The summed E-state index contributed by atoms with van der Waals surface area (Å²) < 4.78 is 32.5. The molecule has 0 spiro atoms. The summed E-state index contributed by atoms with van der Waals surface area (Å²) in [5.41, 5.74) is 0.260. The topological polar surface area (TPSA) is 92.8 Å². The Balaban J connectivity index is 2.28. The van der Waals surface area contributed by atoms with Gasteiger partial charge >= 0.3 is 5.97 Å². The fourth-order valence-electron chi connectivity index (χ4n) is 2.83. The number of ether oxygens (including phenoxy) is 1. The standard InChI is InChI=1S/C17H23BrN2O5S/c1-3-9-19-16(21)14-6-5-10-20(14)26(23,24)15-8-7-12(11-13(15)18)17(22)25-4-2/h7-8,11,14H,3-6,9-10H2,1-2H3,(H,19,21). The fraction of sp³-hybridized carbons (Fsp3) is 0.529. The summed E-state index contributed by atoms with van der Waals surface area (Å²) in [7, 11) is -3.87. The van der Waals surface area contributed by atoms with Crippen LogP contribution in [0.25, 0.3) is 0 Å². The molecule has 0 aromatic heterocycles. The Morgan fingerprint density at radius 2 is 2.08 bits per heavy atom. The van der Waals surface area contributed by atoms with Crippen molar-refractivity contribution in [3.63, 3.8) is 0 Å². The van der Waals surface area contributed by atoms with Crippen molar-refractivity contribution in [2.24, 2.45) is 0 Å². The first-order valence-corrected chi connectivity index (χ1v) is 10.8. The molecule has 1 aromatic rings. The quantitative estimate of drug-likeness (QED) is 0.648. The van der Waals surface area contributed by atoms with Gasteiger partial charge in [0.2, 0.25) is 15.9 Å². The summed E-state index contributed by atoms with van der Waals surface area (Å²) in [5.74, 6) is -0.790. The van der Waals surface area contributed by atoms with Gasteiger partial charge in [-0.25, -0.2) is 13.2 Å². The van der Waals surface area contributed by atoms with Crippen LogP contribution in [-0.2, 0) is 19.6 Å². The molecule has 1 aliphatic heterocycles. The molecule has 1 heterocycles. The van der Waals surface area contributed by atoms with Crippen LogP contribution in [0.3, 0.4) is 0 Å². The number of halogens is 1. The van der Waals surface area contributed by atoms with Gasteiger partial charge in [0.15, 0.2) is 0 Å². The number of nitrogens with zero attached hydrogens (tertiary/aromatic N) is 1. The zero-order valence-corrected chi connectivity index (χ0v) is 17.2. The Morgan fingerprint density at radius 1 is 1.35 bits per heavy atom. The van der Waals surface area contributed by atoms with Gasteiger partial charge in [-0.05, 0) is 60.3 Å². The molecule has 1 saturated heterocycles. The van der Waals surface area contributed by atoms with Gasteiger partial charge in [0.1, 0.15) is 6.04 Å². The lowest BCUT2D eigenvalue weighted by Crippen LogP contribution is -2.46. The number of carbonyl (C=O) groups is 2. The minimum Gasteiger partial charge on any atom is -0.462 e. The molecule has 7 nitrogen and oxygen atoms in total. The second-order valence-corrected chi connectivity index (χ2v) is 8.64. The maximum Gasteiger partial charge on any atom is 0.338 e. The zero-order chi connectivity index (χ0) is 19.3. The molecule has 0 saturated carbocycles. The van der Waals surface area contributed by atoms with E-state index in [4.69, 9.17) is 4.74 Å². The number of rotatable bonds is 7. The molecule has 1 N–H and O–H groups in total. The van der Waals surface area contributed by atoms with Gasteiger partial charge in [-0.2, -0.15) is 4.31 Å². The van der Waals surface area contributed by atoms with E-state index in [1.807, 2.05) is 6.92 Å². The van der Waals surface area contributed by atoms with E-state index in [9.17, 15) is 18.0 Å². The number of hydrogen-bond acceptors (Lipinski definition) is 5. The van der Waals surface area contributed by atoms with Crippen molar-refractivity contribution >= 4 is 37.8 Å². The van der Waals surface area contributed by atoms with Crippen molar-refractivity contribution in [3.8, 4) is 0 Å². The Kier molecular flexibility index (Phi) is 7.19. The van der Waals surface area contributed by atoms with Crippen LogP contribution in [0, 0.1) is 0 Å². The third kappa shape index (κ3) is 4.44. The summed E-state index contributed by atoms with van der Waals surface area (Å²) in [6.07, 6.45) is 1.90. The number of amides is 1. The van der Waals surface area contributed by atoms with E-state index in [1.54, 1.807) is 6.92 Å². The maximum absolute atomic E-state index is 13.1. The summed E-state index contributed by atoms with van der Waals surface area (Å²) >= 11 is 3.23. The van der Waals surface area contributed by atoms with Crippen molar-refractivity contribution in [1.82, 2.24) is 9.62 Å². The van der Waals surface area contributed by atoms with Crippen LogP contribution in [0.2, 0.25) is 0 Å². The molecule has 0 aliphatic carbocycles. The lowest BCUT2D eigenvalue weighted by atomic mass is 10.2. The van der Waals surface area contributed by atoms with Gasteiger partial charge in [-0.1, -0.05) is 6.92 Å². The van der Waals surface area contributed by atoms with Crippen LogP contribution >= 0.6 is 15.9 Å². The minimum atomic E-state index is -3.87. The maximum atomic E-state index is 13.1. The second kappa shape index (κ2) is 8.96. The van der Waals surface area contributed by atoms with Gasteiger partial charge in [-0.15, -0.1) is 0 Å². The van der Waals surface area contributed by atoms with E-state index in [0.717, 1.165) is 6.42 Å². The molecular weight excluding hydrogens is 424 g/mol. The van der Waals surface area contributed by atoms with Crippen LogP contribution in [0.15, 0.2) is 27.6 Å². The molecule has 26 heavy (non-hydrogen) atoms. The summed E-state index contributed by atoms with van der Waals surface area (Å²) in [4.78, 5) is 24.1. The van der Waals surface area contributed by atoms with Gasteiger partial charge < -0.3 is 10.1 Å². The van der Waals surface area contributed by atoms with Gasteiger partial charge in [-0.3, -0.25) is 4.79 Å².